The molecule has 3 aromatic heterocycles. The highest BCUT2D eigenvalue weighted by molar-refractivity contribution is 6.26. The van der Waals surface area contributed by atoms with E-state index in [1.54, 1.807) is 0 Å². The topological polar surface area (TPSA) is 25.5 Å². The summed E-state index contributed by atoms with van der Waals surface area (Å²) in [4.78, 5) is 6.88. The quantitative estimate of drug-likeness (QED) is 0.215. The number of benzene rings is 5. The highest BCUT2D eigenvalue weighted by atomic mass is 15.2. The van der Waals surface area contributed by atoms with E-state index in [1.807, 2.05) is 12.5 Å². The Bertz CT molecular complexity index is 2120. The zero-order chi connectivity index (χ0) is 26.6. The fourth-order valence-corrected chi connectivity index (χ4v) is 7.17. The summed E-state index contributed by atoms with van der Waals surface area (Å²) in [6.07, 6.45) is 3.89. The molecule has 1 aliphatic heterocycles. The van der Waals surface area contributed by atoms with Crippen LogP contribution in [-0.2, 0) is 5.41 Å². The number of nitrogens with zero attached hydrogens (tertiary/aromatic N) is 4. The van der Waals surface area contributed by atoms with Gasteiger partial charge < -0.3 is 9.47 Å². The van der Waals surface area contributed by atoms with Gasteiger partial charge in [-0.05, 0) is 65.7 Å². The third kappa shape index (κ3) is 2.63. The van der Waals surface area contributed by atoms with E-state index in [0.29, 0.717) is 0 Å². The van der Waals surface area contributed by atoms with Crippen molar-refractivity contribution in [1.82, 2.24) is 14.0 Å². The average molecular weight is 515 g/mol. The molecule has 0 unspecified atom stereocenters. The Morgan fingerprint density at radius 1 is 0.550 bits per heavy atom. The van der Waals surface area contributed by atoms with Crippen molar-refractivity contribution in [3.63, 3.8) is 0 Å². The second-order valence-corrected chi connectivity index (χ2v) is 11.4. The molecule has 0 amide bonds. The summed E-state index contributed by atoms with van der Waals surface area (Å²) in [6.45, 7) is 4.66. The molecular weight excluding hydrogens is 488 g/mol. The maximum atomic E-state index is 4.47. The molecule has 40 heavy (non-hydrogen) atoms. The minimum Gasteiger partial charge on any atom is -0.310 e. The molecule has 0 atom stereocenters. The summed E-state index contributed by atoms with van der Waals surface area (Å²) < 4.78 is 4.62. The number of imidazole rings is 1. The fourth-order valence-electron chi connectivity index (χ4n) is 7.17. The van der Waals surface area contributed by atoms with Crippen molar-refractivity contribution in [3.8, 4) is 5.69 Å². The third-order valence-corrected chi connectivity index (χ3v) is 8.97. The number of hydrogen-bond donors (Lipinski definition) is 0. The lowest BCUT2D eigenvalue weighted by Gasteiger charge is -2.42. The molecule has 0 saturated carbocycles. The lowest BCUT2D eigenvalue weighted by atomic mass is 9.73. The molecule has 0 aliphatic carbocycles. The van der Waals surface area contributed by atoms with E-state index in [-0.39, 0.29) is 5.41 Å². The summed E-state index contributed by atoms with van der Waals surface area (Å²) in [5, 5.41) is 3.81. The van der Waals surface area contributed by atoms with Crippen molar-refractivity contribution in [1.29, 1.82) is 0 Å². The van der Waals surface area contributed by atoms with Crippen LogP contribution in [-0.4, -0.2) is 14.0 Å². The molecule has 0 N–H and O–H groups in total. The molecule has 0 bridgehead atoms. The molecule has 0 saturated heterocycles. The Balaban J connectivity index is 1.27. The second-order valence-electron chi connectivity index (χ2n) is 11.4. The Labute approximate surface area is 231 Å². The van der Waals surface area contributed by atoms with Crippen LogP contribution in [0.15, 0.2) is 122 Å². The van der Waals surface area contributed by atoms with Crippen molar-refractivity contribution >= 4 is 55.3 Å². The van der Waals surface area contributed by atoms with Gasteiger partial charge >= 0.3 is 0 Å². The fraction of sp³-hybridized carbons (Fsp3) is 0.0833. The van der Waals surface area contributed by atoms with Crippen LogP contribution >= 0.6 is 0 Å². The predicted octanol–water partition coefficient (Wildman–Crippen LogP) is 9.13. The van der Waals surface area contributed by atoms with Crippen LogP contribution in [0.1, 0.15) is 25.0 Å². The zero-order valence-electron chi connectivity index (χ0n) is 22.3. The minimum absolute atomic E-state index is 0.0667. The molecule has 0 fully saturated rings. The van der Waals surface area contributed by atoms with Gasteiger partial charge in [0.1, 0.15) is 0 Å². The van der Waals surface area contributed by atoms with E-state index in [9.17, 15) is 0 Å². The Morgan fingerprint density at radius 2 is 1.15 bits per heavy atom. The molecule has 4 nitrogen and oxygen atoms in total. The van der Waals surface area contributed by atoms with E-state index in [1.165, 1.54) is 55.2 Å². The first-order chi connectivity index (χ1) is 19.6. The number of pyridine rings is 1. The summed E-state index contributed by atoms with van der Waals surface area (Å²) in [5.74, 6) is 0. The maximum Gasteiger partial charge on any atom is 0.0997 e. The summed E-state index contributed by atoms with van der Waals surface area (Å²) in [6, 6.07) is 39.9. The Morgan fingerprint density at radius 3 is 1.88 bits per heavy atom. The number of aromatic nitrogens is 3. The van der Waals surface area contributed by atoms with Crippen molar-refractivity contribution in [2.45, 2.75) is 19.3 Å². The highest BCUT2D eigenvalue weighted by Crippen LogP contribution is 2.51. The number of para-hydroxylation sites is 2. The number of fused-ring (bicyclic) bond motifs is 5. The van der Waals surface area contributed by atoms with Crippen molar-refractivity contribution < 1.29 is 0 Å². The van der Waals surface area contributed by atoms with Crippen LogP contribution < -0.4 is 4.90 Å². The van der Waals surface area contributed by atoms with Gasteiger partial charge in [-0.25, -0.2) is 4.98 Å². The first kappa shape index (κ1) is 21.8. The van der Waals surface area contributed by atoms with Crippen LogP contribution in [0.5, 0.6) is 0 Å². The SMILES string of the molecule is CC1(C)c2ccccc2N(c2ccc(-n3c4cccc5c4c4c3cccc4n3cncc53)cc2)c2ccccc21. The lowest BCUT2D eigenvalue weighted by molar-refractivity contribution is 0.632. The van der Waals surface area contributed by atoms with Crippen LogP contribution in [0.4, 0.5) is 17.1 Å². The minimum atomic E-state index is -0.0667. The van der Waals surface area contributed by atoms with E-state index < -0.39 is 0 Å². The first-order valence-corrected chi connectivity index (χ1v) is 13.8. The third-order valence-electron chi connectivity index (χ3n) is 8.97. The van der Waals surface area contributed by atoms with Gasteiger partial charge in [0.25, 0.3) is 0 Å². The highest BCUT2D eigenvalue weighted by Gasteiger charge is 2.36. The maximum absolute atomic E-state index is 4.47. The normalized spacial score (nSPS) is 14.4. The molecule has 4 heterocycles. The van der Waals surface area contributed by atoms with Gasteiger partial charge in [0.15, 0.2) is 0 Å². The summed E-state index contributed by atoms with van der Waals surface area (Å²) >= 11 is 0. The molecule has 9 rings (SSSR count). The van der Waals surface area contributed by atoms with Crippen LogP contribution in [0.2, 0.25) is 0 Å². The number of rotatable bonds is 2. The Kier molecular flexibility index (Phi) is 4.10. The summed E-state index contributed by atoms with van der Waals surface area (Å²) in [7, 11) is 0. The number of anilines is 3. The molecule has 190 valence electrons. The largest absolute Gasteiger partial charge is 0.310 e. The lowest BCUT2D eigenvalue weighted by Crippen LogP contribution is -2.30. The molecule has 0 spiro atoms. The second kappa shape index (κ2) is 7.51. The molecule has 8 aromatic rings. The van der Waals surface area contributed by atoms with Crippen molar-refractivity contribution in [2.75, 3.05) is 4.90 Å². The van der Waals surface area contributed by atoms with Gasteiger partial charge in [0.2, 0.25) is 0 Å². The molecule has 1 aliphatic rings. The van der Waals surface area contributed by atoms with Crippen molar-refractivity contribution in [3.05, 3.63) is 133 Å². The number of hydrogen-bond acceptors (Lipinski definition) is 2. The molecular formula is C36H26N4. The van der Waals surface area contributed by atoms with Crippen molar-refractivity contribution in [2.24, 2.45) is 0 Å². The van der Waals surface area contributed by atoms with Gasteiger partial charge in [-0.3, -0.25) is 4.40 Å². The molecule has 5 aromatic carbocycles. The zero-order valence-corrected chi connectivity index (χ0v) is 22.3. The van der Waals surface area contributed by atoms with E-state index in [0.717, 1.165) is 16.9 Å². The van der Waals surface area contributed by atoms with E-state index >= 15 is 0 Å². The van der Waals surface area contributed by atoms with Gasteiger partial charge in [0.05, 0.1) is 46.0 Å². The van der Waals surface area contributed by atoms with Gasteiger partial charge in [-0.15, -0.1) is 0 Å². The summed E-state index contributed by atoms with van der Waals surface area (Å²) in [5.41, 5.74) is 12.2. The molecule has 0 radical (unpaired) electrons. The monoisotopic (exact) mass is 514 g/mol. The Hall–Kier alpha value is -5.09. The van der Waals surface area contributed by atoms with Crippen LogP contribution in [0, 0.1) is 0 Å². The van der Waals surface area contributed by atoms with Gasteiger partial charge in [0, 0.05) is 32.9 Å². The van der Waals surface area contributed by atoms with Crippen LogP contribution in [0.25, 0.3) is 43.9 Å². The van der Waals surface area contributed by atoms with E-state index in [2.05, 4.69) is 142 Å². The van der Waals surface area contributed by atoms with Gasteiger partial charge in [-0.1, -0.05) is 68.4 Å². The smallest absolute Gasteiger partial charge is 0.0997 e. The van der Waals surface area contributed by atoms with E-state index in [4.69, 9.17) is 0 Å². The standard InChI is InChI=1S/C36H26N4/c1-36(2)26-10-3-5-12-28(26)39(29-13-6-4-11-27(29)36)23-17-19-24(20-18-23)40-31-15-7-9-25-33-21-37-22-38(33)30-14-8-16-32(40)35(30)34(25)31/h3-22H,1-2H3. The predicted molar refractivity (Wildman–Crippen MR) is 165 cm³/mol. The molecule has 4 heteroatoms. The van der Waals surface area contributed by atoms with Gasteiger partial charge in [-0.2, -0.15) is 0 Å². The van der Waals surface area contributed by atoms with Crippen LogP contribution in [0.3, 0.4) is 0 Å². The average Bonchev–Trinajstić information content (AvgIpc) is 3.62. The first-order valence-electron chi connectivity index (χ1n) is 13.8.